The summed E-state index contributed by atoms with van der Waals surface area (Å²) in [6.07, 6.45) is 2.56. The Morgan fingerprint density at radius 2 is 2.00 bits per heavy atom. The standard InChI is InChI=1S/C21H28O6/c1-11-12-7-13(22)14-20(10-27-18(24)21(14,8-12)16(11)23)6-4-5-19(2)9-26-17(25-3)15(19)20/h12-15,17,22H,1,4-10H2,2-3H3/t12-,13+,14-,15+,17+,19-,20+,21-/m0/s1. The fourth-order valence-electron chi connectivity index (χ4n) is 7.59. The van der Waals surface area contributed by atoms with Crippen LogP contribution in [0.4, 0.5) is 0 Å². The molecule has 3 aliphatic carbocycles. The lowest BCUT2D eigenvalue weighted by molar-refractivity contribution is -0.244. The number of hydrogen-bond acceptors (Lipinski definition) is 6. The molecular weight excluding hydrogens is 348 g/mol. The normalized spacial score (nSPS) is 54.0. The average molecular weight is 376 g/mol. The number of ether oxygens (including phenoxy) is 3. The number of esters is 1. The van der Waals surface area contributed by atoms with Crippen molar-refractivity contribution in [2.24, 2.45) is 34.0 Å². The third-order valence-corrected chi connectivity index (χ3v) is 8.50. The van der Waals surface area contributed by atoms with Crippen molar-refractivity contribution in [3.8, 4) is 0 Å². The molecule has 5 fully saturated rings. The van der Waals surface area contributed by atoms with Crippen molar-refractivity contribution in [1.29, 1.82) is 0 Å². The lowest BCUT2D eigenvalue weighted by atomic mass is 9.44. The minimum Gasteiger partial charge on any atom is -0.464 e. The van der Waals surface area contributed by atoms with Gasteiger partial charge in [-0.05, 0) is 42.6 Å². The first-order valence-corrected chi connectivity index (χ1v) is 10.0. The summed E-state index contributed by atoms with van der Waals surface area (Å²) in [6, 6.07) is 0. The zero-order valence-electron chi connectivity index (χ0n) is 16.0. The van der Waals surface area contributed by atoms with Gasteiger partial charge in [0.2, 0.25) is 0 Å². The molecule has 0 unspecified atom stereocenters. The van der Waals surface area contributed by atoms with E-state index in [-0.39, 0.29) is 29.6 Å². The minimum atomic E-state index is -1.28. The van der Waals surface area contributed by atoms with Gasteiger partial charge in [-0.15, -0.1) is 0 Å². The van der Waals surface area contributed by atoms with Crippen molar-refractivity contribution in [2.75, 3.05) is 20.3 Å². The van der Waals surface area contributed by atoms with Crippen molar-refractivity contribution in [3.63, 3.8) is 0 Å². The molecule has 2 spiro atoms. The lowest BCUT2D eigenvalue weighted by Gasteiger charge is -2.61. The highest BCUT2D eigenvalue weighted by molar-refractivity contribution is 6.15. The highest BCUT2D eigenvalue weighted by Gasteiger charge is 2.76. The summed E-state index contributed by atoms with van der Waals surface area (Å²) in [5.41, 5.74) is -1.42. The number of rotatable bonds is 1. The first-order valence-electron chi connectivity index (χ1n) is 10.0. The topological polar surface area (TPSA) is 82.1 Å². The predicted octanol–water partition coefficient (Wildman–Crippen LogP) is 1.85. The van der Waals surface area contributed by atoms with Gasteiger partial charge in [-0.2, -0.15) is 0 Å². The van der Waals surface area contributed by atoms with Gasteiger partial charge in [0.1, 0.15) is 5.41 Å². The molecule has 2 heterocycles. The summed E-state index contributed by atoms with van der Waals surface area (Å²) in [5.74, 6) is -1.28. The molecule has 6 heteroatoms. The van der Waals surface area contributed by atoms with E-state index in [4.69, 9.17) is 14.2 Å². The molecule has 6 nitrogen and oxygen atoms in total. The van der Waals surface area contributed by atoms with E-state index in [1.807, 2.05) is 0 Å². The van der Waals surface area contributed by atoms with Crippen molar-refractivity contribution in [3.05, 3.63) is 12.2 Å². The monoisotopic (exact) mass is 376 g/mol. The summed E-state index contributed by atoms with van der Waals surface area (Å²) in [7, 11) is 1.64. The maximum atomic E-state index is 13.3. The van der Waals surface area contributed by atoms with E-state index in [1.54, 1.807) is 7.11 Å². The molecule has 0 radical (unpaired) electrons. The second-order valence-corrected chi connectivity index (χ2v) is 9.72. The number of allylic oxidation sites excluding steroid dienone is 1. The molecule has 3 saturated carbocycles. The van der Waals surface area contributed by atoms with Crippen molar-refractivity contribution >= 4 is 11.8 Å². The zero-order chi connectivity index (χ0) is 19.2. The van der Waals surface area contributed by atoms with Crippen LogP contribution in [0.5, 0.6) is 0 Å². The van der Waals surface area contributed by atoms with Gasteiger partial charge < -0.3 is 19.3 Å². The molecule has 27 heavy (non-hydrogen) atoms. The molecule has 1 N–H and O–H groups in total. The van der Waals surface area contributed by atoms with E-state index >= 15 is 0 Å². The van der Waals surface area contributed by atoms with E-state index in [0.29, 0.717) is 25.0 Å². The molecule has 2 aliphatic heterocycles. The second-order valence-electron chi connectivity index (χ2n) is 9.72. The molecule has 5 rings (SSSR count). The number of fused-ring (bicyclic) bond motifs is 4. The van der Waals surface area contributed by atoms with Crippen molar-refractivity contribution in [2.45, 2.75) is 51.4 Å². The van der Waals surface area contributed by atoms with Crippen molar-refractivity contribution < 1.29 is 28.9 Å². The van der Waals surface area contributed by atoms with Crippen LogP contribution in [-0.4, -0.2) is 49.6 Å². The number of hydrogen-bond donors (Lipinski definition) is 1. The molecular formula is C21H28O6. The summed E-state index contributed by atoms with van der Waals surface area (Å²) in [5, 5.41) is 11.2. The molecule has 0 aromatic carbocycles. The Balaban J connectivity index is 1.70. The zero-order valence-corrected chi connectivity index (χ0v) is 16.0. The summed E-state index contributed by atoms with van der Waals surface area (Å²) in [4.78, 5) is 26.3. The van der Waals surface area contributed by atoms with Gasteiger partial charge in [-0.1, -0.05) is 19.9 Å². The number of cyclic esters (lactones) is 1. The molecule has 5 aliphatic rings. The van der Waals surface area contributed by atoms with E-state index in [0.717, 1.165) is 19.3 Å². The maximum absolute atomic E-state index is 13.3. The Bertz CT molecular complexity index is 732. The van der Waals surface area contributed by atoms with Crippen LogP contribution in [0.15, 0.2) is 12.2 Å². The Kier molecular flexibility index (Phi) is 3.58. The quantitative estimate of drug-likeness (QED) is 0.427. The van der Waals surface area contributed by atoms with Gasteiger partial charge in [0, 0.05) is 24.4 Å². The summed E-state index contributed by atoms with van der Waals surface area (Å²) in [6.45, 7) is 6.98. The van der Waals surface area contributed by atoms with Crippen LogP contribution in [0, 0.1) is 34.0 Å². The Morgan fingerprint density at radius 3 is 2.74 bits per heavy atom. The van der Waals surface area contributed by atoms with Crippen LogP contribution in [0.1, 0.15) is 39.0 Å². The third kappa shape index (κ3) is 1.92. The number of aliphatic hydroxyl groups excluding tert-OH is 1. The van der Waals surface area contributed by atoms with Crippen LogP contribution in [-0.2, 0) is 23.8 Å². The van der Waals surface area contributed by atoms with Gasteiger partial charge in [-0.3, -0.25) is 9.59 Å². The SMILES string of the molecule is C=C1C(=O)[C@]23C[C@@H]1C[C@@H](O)[C@H]2[C@@]1(CCC[C@@]2(C)CO[C@@H](OC)[C@H]21)COC3=O. The van der Waals surface area contributed by atoms with E-state index in [9.17, 15) is 14.7 Å². The molecule has 8 atom stereocenters. The van der Waals surface area contributed by atoms with Crippen LogP contribution < -0.4 is 0 Å². The van der Waals surface area contributed by atoms with Gasteiger partial charge >= 0.3 is 5.97 Å². The fourth-order valence-corrected chi connectivity index (χ4v) is 7.59. The van der Waals surface area contributed by atoms with Gasteiger partial charge in [0.15, 0.2) is 12.1 Å². The van der Waals surface area contributed by atoms with Crippen LogP contribution >= 0.6 is 0 Å². The average Bonchev–Trinajstić information content (AvgIpc) is 3.09. The number of carbonyl (C=O) groups excluding carboxylic acids is 2. The fraction of sp³-hybridized carbons (Fsp3) is 0.810. The summed E-state index contributed by atoms with van der Waals surface area (Å²) >= 11 is 0. The number of carbonyl (C=O) groups is 2. The molecule has 0 amide bonds. The van der Waals surface area contributed by atoms with Gasteiger partial charge in [0.05, 0.1) is 19.3 Å². The predicted molar refractivity (Wildman–Crippen MR) is 94.4 cm³/mol. The maximum Gasteiger partial charge on any atom is 0.320 e. The smallest absolute Gasteiger partial charge is 0.320 e. The molecule has 0 aromatic heterocycles. The third-order valence-electron chi connectivity index (χ3n) is 8.50. The first kappa shape index (κ1) is 17.8. The van der Waals surface area contributed by atoms with E-state index in [1.165, 1.54) is 0 Å². The number of aliphatic hydroxyl groups is 1. The van der Waals surface area contributed by atoms with Gasteiger partial charge in [-0.25, -0.2) is 0 Å². The van der Waals surface area contributed by atoms with Crippen LogP contribution in [0.3, 0.4) is 0 Å². The molecule has 0 aromatic rings. The number of ketones is 1. The highest BCUT2D eigenvalue weighted by Crippen LogP contribution is 2.69. The van der Waals surface area contributed by atoms with Crippen LogP contribution in [0.25, 0.3) is 0 Å². The van der Waals surface area contributed by atoms with Crippen LogP contribution in [0.2, 0.25) is 0 Å². The molecule has 2 saturated heterocycles. The van der Waals surface area contributed by atoms with E-state index in [2.05, 4.69) is 13.5 Å². The Morgan fingerprint density at radius 1 is 1.22 bits per heavy atom. The highest BCUT2D eigenvalue weighted by atomic mass is 16.7. The number of Topliss-reactive ketones (excluding diaryl/α,β-unsaturated/α-hetero) is 1. The Labute approximate surface area is 159 Å². The van der Waals surface area contributed by atoms with Crippen molar-refractivity contribution in [1.82, 2.24) is 0 Å². The largest absolute Gasteiger partial charge is 0.464 e. The minimum absolute atomic E-state index is 0.0217. The second kappa shape index (κ2) is 5.43. The lowest BCUT2D eigenvalue weighted by Crippen LogP contribution is -2.67. The molecule has 148 valence electrons. The van der Waals surface area contributed by atoms with E-state index < -0.39 is 35.1 Å². The Hall–Kier alpha value is -1.24. The first-order chi connectivity index (χ1) is 12.8. The van der Waals surface area contributed by atoms with Gasteiger partial charge in [0.25, 0.3) is 0 Å². The number of methoxy groups -OCH3 is 1. The summed E-state index contributed by atoms with van der Waals surface area (Å²) < 4.78 is 17.4. The molecule has 2 bridgehead atoms.